The first kappa shape index (κ1) is 10.8. The maximum Gasteiger partial charge on any atom is 0.245 e. The molecule has 17 heavy (non-hydrogen) atoms. The van der Waals surface area contributed by atoms with Gasteiger partial charge < -0.3 is 4.90 Å². The minimum Gasteiger partial charge on any atom is -0.323 e. The molecule has 0 radical (unpaired) electrons. The molecule has 2 aliphatic rings. The highest BCUT2D eigenvalue weighted by molar-refractivity contribution is 5.86. The second-order valence-electron chi connectivity index (χ2n) is 5.02. The molecule has 2 fully saturated rings. The van der Waals surface area contributed by atoms with E-state index in [1.807, 2.05) is 35.2 Å². The fraction of sp³-hybridized carbons (Fsp3) is 0.500. The molecule has 3 nitrogen and oxygen atoms in total. The second-order valence-corrected chi connectivity index (χ2v) is 5.02. The van der Waals surface area contributed by atoms with Crippen LogP contribution in [0.1, 0.15) is 37.8 Å². The molecule has 1 amide bonds. The molecule has 1 aromatic rings. The Morgan fingerprint density at radius 3 is 2.53 bits per heavy atom. The van der Waals surface area contributed by atoms with E-state index in [0.717, 1.165) is 5.56 Å². The Labute approximate surface area is 102 Å². The molecule has 0 bridgehead atoms. The number of rotatable bonds is 2. The van der Waals surface area contributed by atoms with E-state index in [9.17, 15) is 4.79 Å². The average Bonchev–Trinajstić information content (AvgIpc) is 2.56. The average molecular weight is 230 g/mol. The Morgan fingerprint density at radius 2 is 1.94 bits per heavy atom. The molecule has 90 valence electrons. The fourth-order valence-electron chi connectivity index (χ4n) is 2.78. The molecule has 0 spiro atoms. The summed E-state index contributed by atoms with van der Waals surface area (Å²) in [7, 11) is 0. The van der Waals surface area contributed by atoms with Gasteiger partial charge in [-0.25, -0.2) is 0 Å². The van der Waals surface area contributed by atoms with Crippen molar-refractivity contribution in [2.24, 2.45) is 0 Å². The first-order chi connectivity index (χ1) is 8.27. The Hall–Kier alpha value is -1.35. The van der Waals surface area contributed by atoms with Gasteiger partial charge in [0.05, 0.1) is 6.17 Å². The van der Waals surface area contributed by atoms with Crippen LogP contribution in [0, 0.1) is 0 Å². The zero-order chi connectivity index (χ0) is 11.8. The number of carbonyl (C=O) groups excluding carboxylic acids is 1. The fourth-order valence-corrected chi connectivity index (χ4v) is 2.78. The number of hydrogen-bond donors (Lipinski definition) is 1. The van der Waals surface area contributed by atoms with E-state index >= 15 is 0 Å². The highest BCUT2D eigenvalue weighted by atomic mass is 16.2. The van der Waals surface area contributed by atoms with Crippen molar-refractivity contribution in [2.45, 2.75) is 44.4 Å². The third kappa shape index (κ3) is 1.75. The quantitative estimate of drug-likeness (QED) is 0.843. The van der Waals surface area contributed by atoms with Crippen molar-refractivity contribution in [1.82, 2.24) is 10.2 Å². The third-order valence-corrected chi connectivity index (χ3v) is 3.93. The van der Waals surface area contributed by atoms with Gasteiger partial charge in [0.2, 0.25) is 5.91 Å². The van der Waals surface area contributed by atoms with Gasteiger partial charge >= 0.3 is 0 Å². The molecule has 1 saturated heterocycles. The van der Waals surface area contributed by atoms with Crippen LogP contribution in [0.5, 0.6) is 0 Å². The standard InChI is InChI=1S/C14H18N2O/c1-10-15-13(11-6-3-2-4-7-11)14(17)16(10)12-8-5-9-12/h2-4,6-7,10,12-13,15H,5,8-9H2,1H3. The molecule has 1 aliphatic heterocycles. The van der Waals surface area contributed by atoms with Crippen LogP contribution in [0.2, 0.25) is 0 Å². The van der Waals surface area contributed by atoms with Gasteiger partial charge in [0.15, 0.2) is 0 Å². The molecule has 2 unspecified atom stereocenters. The first-order valence-electron chi connectivity index (χ1n) is 6.40. The summed E-state index contributed by atoms with van der Waals surface area (Å²) in [5.41, 5.74) is 1.08. The van der Waals surface area contributed by atoms with Gasteiger partial charge in [-0.05, 0) is 31.7 Å². The molecule has 3 heteroatoms. The molecule has 1 heterocycles. The predicted octanol–water partition coefficient (Wildman–Crippen LogP) is 2.06. The summed E-state index contributed by atoms with van der Waals surface area (Å²) >= 11 is 0. The van der Waals surface area contributed by atoms with E-state index in [1.165, 1.54) is 19.3 Å². The Kier molecular flexibility index (Phi) is 2.63. The summed E-state index contributed by atoms with van der Waals surface area (Å²) in [5, 5.41) is 3.40. The van der Waals surface area contributed by atoms with Crippen LogP contribution in [0.25, 0.3) is 0 Å². The van der Waals surface area contributed by atoms with Crippen LogP contribution in [-0.2, 0) is 4.79 Å². The highest BCUT2D eigenvalue weighted by Gasteiger charge is 2.42. The highest BCUT2D eigenvalue weighted by Crippen LogP contribution is 2.33. The van der Waals surface area contributed by atoms with Crippen LogP contribution in [0.3, 0.4) is 0 Å². The SMILES string of the molecule is CC1NC(c2ccccc2)C(=O)N1C1CCC1. The third-order valence-electron chi connectivity index (χ3n) is 3.93. The lowest BCUT2D eigenvalue weighted by Crippen LogP contribution is -2.46. The molecular weight excluding hydrogens is 212 g/mol. The van der Waals surface area contributed by atoms with Crippen molar-refractivity contribution < 1.29 is 4.79 Å². The lowest BCUT2D eigenvalue weighted by Gasteiger charge is -2.37. The van der Waals surface area contributed by atoms with E-state index in [2.05, 4.69) is 12.2 Å². The van der Waals surface area contributed by atoms with Gasteiger partial charge in [0.1, 0.15) is 6.04 Å². The zero-order valence-electron chi connectivity index (χ0n) is 10.1. The lowest BCUT2D eigenvalue weighted by atomic mass is 9.91. The molecule has 2 atom stereocenters. The van der Waals surface area contributed by atoms with E-state index in [-0.39, 0.29) is 18.1 Å². The molecule has 1 aliphatic carbocycles. The zero-order valence-corrected chi connectivity index (χ0v) is 10.1. The summed E-state index contributed by atoms with van der Waals surface area (Å²) in [4.78, 5) is 14.5. The van der Waals surface area contributed by atoms with E-state index < -0.39 is 0 Å². The van der Waals surface area contributed by atoms with Crippen molar-refractivity contribution >= 4 is 5.91 Å². The van der Waals surface area contributed by atoms with Gasteiger partial charge in [0, 0.05) is 6.04 Å². The monoisotopic (exact) mass is 230 g/mol. The predicted molar refractivity (Wildman–Crippen MR) is 66.3 cm³/mol. The number of benzene rings is 1. The second kappa shape index (κ2) is 4.15. The molecule has 0 aromatic heterocycles. The van der Waals surface area contributed by atoms with Crippen LogP contribution in [0.15, 0.2) is 30.3 Å². The maximum absolute atomic E-state index is 12.4. The largest absolute Gasteiger partial charge is 0.323 e. The minimum absolute atomic E-state index is 0.146. The van der Waals surface area contributed by atoms with E-state index in [0.29, 0.717) is 6.04 Å². The maximum atomic E-state index is 12.4. The van der Waals surface area contributed by atoms with Crippen molar-refractivity contribution in [2.75, 3.05) is 0 Å². The van der Waals surface area contributed by atoms with E-state index in [4.69, 9.17) is 0 Å². The summed E-state index contributed by atoms with van der Waals surface area (Å²) in [5.74, 6) is 0.244. The van der Waals surface area contributed by atoms with E-state index in [1.54, 1.807) is 0 Å². The summed E-state index contributed by atoms with van der Waals surface area (Å²) < 4.78 is 0. The van der Waals surface area contributed by atoms with Crippen LogP contribution in [0.4, 0.5) is 0 Å². The Morgan fingerprint density at radius 1 is 1.24 bits per heavy atom. The Balaban J connectivity index is 1.82. The molecule has 1 saturated carbocycles. The van der Waals surface area contributed by atoms with Gasteiger partial charge in [-0.15, -0.1) is 0 Å². The number of carbonyl (C=O) groups is 1. The topological polar surface area (TPSA) is 32.3 Å². The number of amides is 1. The first-order valence-corrected chi connectivity index (χ1v) is 6.40. The minimum atomic E-state index is -0.146. The molecule has 1 N–H and O–H groups in total. The molecule has 3 rings (SSSR count). The van der Waals surface area contributed by atoms with Crippen molar-refractivity contribution in [3.05, 3.63) is 35.9 Å². The summed E-state index contributed by atoms with van der Waals surface area (Å²) in [6, 6.07) is 10.3. The van der Waals surface area contributed by atoms with Crippen LogP contribution >= 0.6 is 0 Å². The normalized spacial score (nSPS) is 29.5. The van der Waals surface area contributed by atoms with Crippen molar-refractivity contribution in [3.8, 4) is 0 Å². The smallest absolute Gasteiger partial charge is 0.245 e. The van der Waals surface area contributed by atoms with Crippen molar-refractivity contribution in [3.63, 3.8) is 0 Å². The lowest BCUT2D eigenvalue weighted by molar-refractivity contribution is -0.133. The number of nitrogens with one attached hydrogen (secondary N) is 1. The van der Waals surface area contributed by atoms with Gasteiger partial charge in [-0.3, -0.25) is 10.1 Å². The van der Waals surface area contributed by atoms with Crippen LogP contribution in [-0.4, -0.2) is 23.0 Å². The van der Waals surface area contributed by atoms with Gasteiger partial charge in [0.25, 0.3) is 0 Å². The van der Waals surface area contributed by atoms with Crippen LogP contribution < -0.4 is 5.32 Å². The number of hydrogen-bond acceptors (Lipinski definition) is 2. The van der Waals surface area contributed by atoms with Gasteiger partial charge in [-0.2, -0.15) is 0 Å². The number of nitrogens with zero attached hydrogens (tertiary/aromatic N) is 1. The molecular formula is C14H18N2O. The van der Waals surface area contributed by atoms with Crippen molar-refractivity contribution in [1.29, 1.82) is 0 Å². The summed E-state index contributed by atoms with van der Waals surface area (Å²) in [6.07, 6.45) is 3.76. The summed E-state index contributed by atoms with van der Waals surface area (Å²) in [6.45, 7) is 2.08. The molecule has 1 aromatic carbocycles. The van der Waals surface area contributed by atoms with Gasteiger partial charge in [-0.1, -0.05) is 30.3 Å². The Bertz CT molecular complexity index is 413.